The lowest BCUT2D eigenvalue weighted by atomic mass is 10.2. The molecule has 16 heavy (non-hydrogen) atoms. The summed E-state index contributed by atoms with van der Waals surface area (Å²) in [6.45, 7) is -0.210. The van der Waals surface area contributed by atoms with E-state index in [9.17, 15) is 9.59 Å². The third-order valence-electron chi connectivity index (χ3n) is 2.57. The maximum absolute atomic E-state index is 12.0. The number of hydrogen-bond donors (Lipinski definition) is 1. The van der Waals surface area contributed by atoms with Gasteiger partial charge in [-0.1, -0.05) is 18.2 Å². The monoisotopic (exact) mass is 219 g/mol. The largest absolute Gasteiger partial charge is 0.480 e. The van der Waals surface area contributed by atoms with Crippen molar-refractivity contribution >= 4 is 11.9 Å². The van der Waals surface area contributed by atoms with E-state index in [1.165, 1.54) is 4.90 Å². The number of amides is 1. The van der Waals surface area contributed by atoms with Crippen LogP contribution in [0.4, 0.5) is 0 Å². The average Bonchev–Trinajstić information content (AvgIpc) is 3.10. The molecule has 4 heteroatoms. The van der Waals surface area contributed by atoms with Crippen molar-refractivity contribution in [1.82, 2.24) is 4.90 Å². The Kier molecular flexibility index (Phi) is 2.90. The molecule has 1 saturated carbocycles. The molecule has 2 rings (SSSR count). The first-order valence-electron chi connectivity index (χ1n) is 5.26. The predicted octanol–water partition coefficient (Wildman–Crippen LogP) is 1.38. The third kappa shape index (κ3) is 2.39. The Balaban J connectivity index is 2.14. The zero-order chi connectivity index (χ0) is 11.5. The van der Waals surface area contributed by atoms with Gasteiger partial charge in [-0.25, -0.2) is 0 Å². The Hall–Kier alpha value is -1.84. The summed E-state index contributed by atoms with van der Waals surface area (Å²) < 4.78 is 0. The number of carboxylic acid groups (broad SMARTS) is 1. The minimum Gasteiger partial charge on any atom is -0.480 e. The van der Waals surface area contributed by atoms with Gasteiger partial charge < -0.3 is 10.0 Å². The Morgan fingerprint density at radius 1 is 1.25 bits per heavy atom. The van der Waals surface area contributed by atoms with Crippen molar-refractivity contribution in [3.8, 4) is 0 Å². The van der Waals surface area contributed by atoms with Crippen molar-refractivity contribution in [3.05, 3.63) is 35.9 Å². The average molecular weight is 219 g/mol. The van der Waals surface area contributed by atoms with Crippen molar-refractivity contribution in [2.75, 3.05) is 6.54 Å². The Bertz CT molecular complexity index is 398. The molecule has 0 unspecified atom stereocenters. The molecule has 0 saturated heterocycles. The molecule has 1 aliphatic carbocycles. The molecule has 0 aliphatic heterocycles. The highest BCUT2D eigenvalue weighted by Crippen LogP contribution is 2.27. The molecule has 1 aliphatic rings. The molecule has 1 aromatic rings. The summed E-state index contributed by atoms with van der Waals surface area (Å²) in [5.41, 5.74) is 0.552. The van der Waals surface area contributed by atoms with Crippen molar-refractivity contribution in [1.29, 1.82) is 0 Å². The van der Waals surface area contributed by atoms with Crippen LogP contribution in [0.1, 0.15) is 23.2 Å². The standard InChI is InChI=1S/C12H13NO3/c14-11(15)8-13(10-6-7-10)12(16)9-4-2-1-3-5-9/h1-5,10H,6-8H2,(H,14,15). The van der Waals surface area contributed by atoms with Gasteiger partial charge in [0, 0.05) is 11.6 Å². The second-order valence-corrected chi connectivity index (χ2v) is 3.92. The van der Waals surface area contributed by atoms with Crippen LogP contribution < -0.4 is 0 Å². The Morgan fingerprint density at radius 3 is 2.38 bits per heavy atom. The van der Waals surface area contributed by atoms with Crippen LogP contribution in [0.15, 0.2) is 30.3 Å². The summed E-state index contributed by atoms with van der Waals surface area (Å²) in [5, 5.41) is 8.76. The van der Waals surface area contributed by atoms with Gasteiger partial charge in [0.15, 0.2) is 0 Å². The molecule has 1 N–H and O–H groups in total. The first-order valence-corrected chi connectivity index (χ1v) is 5.26. The molecular formula is C12H13NO3. The first kappa shape index (κ1) is 10.7. The van der Waals surface area contributed by atoms with Gasteiger partial charge in [-0.05, 0) is 25.0 Å². The van der Waals surface area contributed by atoms with Crippen molar-refractivity contribution in [3.63, 3.8) is 0 Å². The highest BCUT2D eigenvalue weighted by molar-refractivity contribution is 5.96. The molecule has 0 bridgehead atoms. The van der Waals surface area contributed by atoms with E-state index >= 15 is 0 Å². The molecule has 1 aromatic carbocycles. The molecule has 4 nitrogen and oxygen atoms in total. The normalized spacial score (nSPS) is 14.5. The number of aliphatic carboxylic acids is 1. The van der Waals surface area contributed by atoms with Gasteiger partial charge in [-0.3, -0.25) is 9.59 Å². The van der Waals surface area contributed by atoms with Crippen LogP contribution in [-0.4, -0.2) is 34.5 Å². The molecule has 1 amide bonds. The highest BCUT2D eigenvalue weighted by Gasteiger charge is 2.34. The summed E-state index contributed by atoms with van der Waals surface area (Å²) in [4.78, 5) is 24.2. The quantitative estimate of drug-likeness (QED) is 0.832. The number of carbonyl (C=O) groups is 2. The molecule has 0 aromatic heterocycles. The molecule has 0 spiro atoms. The number of carboxylic acids is 1. The second-order valence-electron chi connectivity index (χ2n) is 3.92. The van der Waals surface area contributed by atoms with Crippen LogP contribution >= 0.6 is 0 Å². The number of benzene rings is 1. The van der Waals surface area contributed by atoms with E-state index in [2.05, 4.69) is 0 Å². The number of rotatable bonds is 4. The molecule has 84 valence electrons. The van der Waals surface area contributed by atoms with E-state index in [1.54, 1.807) is 24.3 Å². The lowest BCUT2D eigenvalue weighted by molar-refractivity contribution is -0.137. The van der Waals surface area contributed by atoms with E-state index in [1.807, 2.05) is 6.07 Å². The molecule has 0 atom stereocenters. The summed E-state index contributed by atoms with van der Waals surface area (Å²) in [5.74, 6) is -1.15. The minimum atomic E-state index is -0.962. The fourth-order valence-corrected chi connectivity index (χ4v) is 1.65. The number of nitrogens with zero attached hydrogens (tertiary/aromatic N) is 1. The van der Waals surface area contributed by atoms with Crippen LogP contribution in [-0.2, 0) is 4.79 Å². The topological polar surface area (TPSA) is 57.6 Å². The van der Waals surface area contributed by atoms with Gasteiger partial charge in [-0.2, -0.15) is 0 Å². The van der Waals surface area contributed by atoms with E-state index < -0.39 is 5.97 Å². The van der Waals surface area contributed by atoms with Gasteiger partial charge >= 0.3 is 5.97 Å². The fraction of sp³-hybridized carbons (Fsp3) is 0.333. The van der Waals surface area contributed by atoms with Gasteiger partial charge in [0.25, 0.3) is 5.91 Å². The lowest BCUT2D eigenvalue weighted by Gasteiger charge is -2.20. The van der Waals surface area contributed by atoms with Crippen molar-refractivity contribution in [2.45, 2.75) is 18.9 Å². The van der Waals surface area contributed by atoms with E-state index in [0.717, 1.165) is 12.8 Å². The van der Waals surface area contributed by atoms with Crippen molar-refractivity contribution < 1.29 is 14.7 Å². The Morgan fingerprint density at radius 2 is 1.88 bits per heavy atom. The first-order chi connectivity index (χ1) is 7.68. The minimum absolute atomic E-state index is 0.115. The molecular weight excluding hydrogens is 206 g/mol. The van der Waals surface area contributed by atoms with Gasteiger partial charge in [0.05, 0.1) is 0 Å². The number of hydrogen-bond acceptors (Lipinski definition) is 2. The zero-order valence-electron chi connectivity index (χ0n) is 8.80. The van der Waals surface area contributed by atoms with E-state index in [-0.39, 0.29) is 18.5 Å². The van der Waals surface area contributed by atoms with Gasteiger partial charge in [0.1, 0.15) is 6.54 Å². The van der Waals surface area contributed by atoms with Gasteiger partial charge in [-0.15, -0.1) is 0 Å². The lowest BCUT2D eigenvalue weighted by Crippen LogP contribution is -2.37. The van der Waals surface area contributed by atoms with Crippen molar-refractivity contribution in [2.24, 2.45) is 0 Å². The van der Waals surface area contributed by atoms with Crippen LogP contribution in [0.25, 0.3) is 0 Å². The second kappa shape index (κ2) is 4.35. The van der Waals surface area contributed by atoms with Gasteiger partial charge in [0.2, 0.25) is 0 Å². The highest BCUT2D eigenvalue weighted by atomic mass is 16.4. The maximum Gasteiger partial charge on any atom is 0.323 e. The zero-order valence-corrected chi connectivity index (χ0v) is 8.80. The molecule has 0 radical (unpaired) electrons. The predicted molar refractivity (Wildman–Crippen MR) is 58.1 cm³/mol. The summed E-state index contributed by atoms with van der Waals surface area (Å²) in [6.07, 6.45) is 1.82. The Labute approximate surface area is 93.5 Å². The summed E-state index contributed by atoms with van der Waals surface area (Å²) in [7, 11) is 0. The van der Waals surface area contributed by atoms with Crippen LogP contribution in [0.5, 0.6) is 0 Å². The van der Waals surface area contributed by atoms with Crippen LogP contribution in [0.3, 0.4) is 0 Å². The molecule has 0 heterocycles. The van der Waals surface area contributed by atoms with E-state index in [4.69, 9.17) is 5.11 Å². The maximum atomic E-state index is 12.0. The van der Waals surface area contributed by atoms with E-state index in [0.29, 0.717) is 5.56 Å². The fourth-order valence-electron chi connectivity index (χ4n) is 1.65. The van der Waals surface area contributed by atoms with Crippen LogP contribution in [0, 0.1) is 0 Å². The summed E-state index contributed by atoms with van der Waals surface area (Å²) in [6, 6.07) is 8.91. The summed E-state index contributed by atoms with van der Waals surface area (Å²) >= 11 is 0. The SMILES string of the molecule is O=C(O)CN(C(=O)c1ccccc1)C1CC1. The van der Waals surface area contributed by atoms with Crippen LogP contribution in [0.2, 0.25) is 0 Å². The molecule has 1 fully saturated rings. The number of carbonyl (C=O) groups excluding carboxylic acids is 1. The third-order valence-corrected chi connectivity index (χ3v) is 2.57. The smallest absolute Gasteiger partial charge is 0.323 e.